The third-order valence-electron chi connectivity index (χ3n) is 4.54. The fourth-order valence-corrected chi connectivity index (χ4v) is 4.10. The van der Waals surface area contributed by atoms with Gasteiger partial charge in [-0.25, -0.2) is 0 Å². The van der Waals surface area contributed by atoms with Gasteiger partial charge in [0.25, 0.3) is 0 Å². The van der Waals surface area contributed by atoms with Crippen LogP contribution in [0.25, 0.3) is 0 Å². The van der Waals surface area contributed by atoms with Crippen LogP contribution in [-0.4, -0.2) is 10.8 Å². The molecule has 2 aromatic carbocycles. The van der Waals surface area contributed by atoms with Gasteiger partial charge < -0.3 is 10.1 Å². The molecular formula is C18H17ClN2OS. The lowest BCUT2D eigenvalue weighted by atomic mass is 9.90. The Morgan fingerprint density at radius 1 is 1.26 bits per heavy atom. The van der Waals surface area contributed by atoms with Gasteiger partial charge >= 0.3 is 0 Å². The van der Waals surface area contributed by atoms with E-state index in [-0.39, 0.29) is 6.04 Å². The summed E-state index contributed by atoms with van der Waals surface area (Å²) in [7, 11) is 0. The van der Waals surface area contributed by atoms with Gasteiger partial charge in [-0.3, -0.25) is 4.90 Å². The van der Waals surface area contributed by atoms with Gasteiger partial charge in [0.05, 0.1) is 11.1 Å². The molecule has 1 fully saturated rings. The van der Waals surface area contributed by atoms with Crippen molar-refractivity contribution in [2.45, 2.75) is 32.0 Å². The SMILES string of the molecule is Cc1ccc(N2C(=S)NC3CC2(C)Oc2c(Cl)cccc23)cc1. The third-order valence-corrected chi connectivity index (χ3v) is 5.14. The van der Waals surface area contributed by atoms with Crippen LogP contribution in [0, 0.1) is 6.92 Å². The molecule has 0 aliphatic carbocycles. The largest absolute Gasteiger partial charge is 0.466 e. The minimum atomic E-state index is -0.555. The van der Waals surface area contributed by atoms with Crippen LogP contribution in [0.2, 0.25) is 5.02 Å². The summed E-state index contributed by atoms with van der Waals surface area (Å²) in [6, 6.07) is 14.3. The van der Waals surface area contributed by atoms with E-state index < -0.39 is 5.72 Å². The summed E-state index contributed by atoms with van der Waals surface area (Å²) >= 11 is 12.0. The van der Waals surface area contributed by atoms with Crippen molar-refractivity contribution in [1.29, 1.82) is 0 Å². The quantitative estimate of drug-likeness (QED) is 0.765. The van der Waals surface area contributed by atoms with Crippen LogP contribution in [0.4, 0.5) is 5.69 Å². The molecule has 2 atom stereocenters. The number of anilines is 1. The van der Waals surface area contributed by atoms with Gasteiger partial charge in [0, 0.05) is 17.7 Å². The maximum absolute atomic E-state index is 6.36. The van der Waals surface area contributed by atoms with Gasteiger partial charge in [-0.05, 0) is 44.3 Å². The molecule has 3 nitrogen and oxygen atoms in total. The van der Waals surface area contributed by atoms with Crippen molar-refractivity contribution >= 4 is 34.6 Å². The van der Waals surface area contributed by atoms with Crippen molar-refractivity contribution in [3.63, 3.8) is 0 Å². The fraction of sp³-hybridized carbons (Fsp3) is 0.278. The molecule has 2 aromatic rings. The Morgan fingerprint density at radius 2 is 2.00 bits per heavy atom. The van der Waals surface area contributed by atoms with Crippen LogP contribution < -0.4 is 15.0 Å². The first-order valence-electron chi connectivity index (χ1n) is 7.63. The van der Waals surface area contributed by atoms with Crippen molar-refractivity contribution < 1.29 is 4.74 Å². The van der Waals surface area contributed by atoms with E-state index in [1.54, 1.807) is 0 Å². The Morgan fingerprint density at radius 3 is 2.74 bits per heavy atom. The van der Waals surface area contributed by atoms with Gasteiger partial charge in [-0.15, -0.1) is 0 Å². The molecule has 23 heavy (non-hydrogen) atoms. The Bertz CT molecular complexity index is 792. The second-order valence-corrected chi connectivity index (χ2v) is 7.11. The van der Waals surface area contributed by atoms with E-state index in [1.807, 2.05) is 23.1 Å². The topological polar surface area (TPSA) is 24.5 Å². The van der Waals surface area contributed by atoms with Gasteiger partial charge in [-0.1, -0.05) is 41.4 Å². The zero-order valence-electron chi connectivity index (χ0n) is 13.0. The molecule has 0 radical (unpaired) electrons. The van der Waals surface area contributed by atoms with E-state index >= 15 is 0 Å². The Kier molecular flexibility index (Phi) is 3.29. The van der Waals surface area contributed by atoms with Crippen molar-refractivity contribution in [2.75, 3.05) is 4.90 Å². The van der Waals surface area contributed by atoms with E-state index in [0.29, 0.717) is 10.1 Å². The van der Waals surface area contributed by atoms with Gasteiger partial charge in [-0.2, -0.15) is 0 Å². The number of thiocarbonyl (C=S) groups is 1. The molecule has 0 spiro atoms. The van der Waals surface area contributed by atoms with Crippen molar-refractivity contribution in [3.05, 3.63) is 58.6 Å². The number of nitrogens with one attached hydrogen (secondary N) is 1. The first-order valence-corrected chi connectivity index (χ1v) is 8.41. The Labute approximate surface area is 146 Å². The highest BCUT2D eigenvalue weighted by Crippen LogP contribution is 2.47. The zero-order chi connectivity index (χ0) is 16.2. The smallest absolute Gasteiger partial charge is 0.188 e. The lowest BCUT2D eigenvalue weighted by molar-refractivity contribution is 0.0499. The number of ether oxygens (including phenoxy) is 1. The molecule has 2 aliphatic heterocycles. The summed E-state index contributed by atoms with van der Waals surface area (Å²) in [5.74, 6) is 0.750. The number of aryl methyl sites for hydroxylation is 1. The molecule has 5 heteroatoms. The first-order chi connectivity index (χ1) is 11.0. The van der Waals surface area contributed by atoms with Crippen LogP contribution in [0.1, 0.15) is 30.5 Å². The zero-order valence-corrected chi connectivity index (χ0v) is 14.5. The lowest BCUT2D eigenvalue weighted by Gasteiger charge is -2.52. The highest BCUT2D eigenvalue weighted by Gasteiger charge is 2.48. The standard InChI is InChI=1S/C18H17ClN2OS/c1-11-6-8-12(9-7-11)21-17(23)20-15-10-18(21,2)22-16-13(15)4-3-5-14(16)19/h3-9,15H,10H2,1-2H3,(H,20,23). The van der Waals surface area contributed by atoms with Gasteiger partial charge in [0.15, 0.2) is 10.8 Å². The molecule has 0 aromatic heterocycles. The third kappa shape index (κ3) is 2.28. The highest BCUT2D eigenvalue weighted by atomic mass is 35.5. The molecule has 4 rings (SSSR count). The predicted molar refractivity (Wildman–Crippen MR) is 97.2 cm³/mol. The van der Waals surface area contributed by atoms with Crippen LogP contribution in [0.5, 0.6) is 5.75 Å². The summed E-state index contributed by atoms with van der Waals surface area (Å²) in [6.45, 7) is 4.14. The second-order valence-electron chi connectivity index (χ2n) is 6.31. The van der Waals surface area contributed by atoms with Crippen LogP contribution in [0.15, 0.2) is 42.5 Å². The van der Waals surface area contributed by atoms with E-state index in [1.165, 1.54) is 5.56 Å². The minimum Gasteiger partial charge on any atom is -0.466 e. The monoisotopic (exact) mass is 344 g/mol. The number of nitrogens with zero attached hydrogens (tertiary/aromatic N) is 1. The van der Waals surface area contributed by atoms with Crippen LogP contribution in [-0.2, 0) is 0 Å². The normalized spacial score (nSPS) is 25.4. The van der Waals surface area contributed by atoms with Crippen molar-refractivity contribution in [1.82, 2.24) is 5.32 Å². The number of halogens is 1. The Hall–Kier alpha value is -1.78. The summed E-state index contributed by atoms with van der Waals surface area (Å²) in [5, 5.41) is 4.75. The summed E-state index contributed by atoms with van der Waals surface area (Å²) < 4.78 is 6.36. The number of para-hydroxylation sites is 1. The maximum atomic E-state index is 6.36. The number of hydrogen-bond donors (Lipinski definition) is 1. The number of fused-ring (bicyclic) bond motifs is 4. The van der Waals surface area contributed by atoms with E-state index in [0.717, 1.165) is 23.4 Å². The minimum absolute atomic E-state index is 0.122. The molecule has 1 N–H and O–H groups in total. The van der Waals surface area contributed by atoms with Crippen molar-refractivity contribution in [3.8, 4) is 5.75 Å². The second kappa shape index (κ2) is 5.11. The van der Waals surface area contributed by atoms with E-state index in [4.69, 9.17) is 28.6 Å². The number of rotatable bonds is 1. The van der Waals surface area contributed by atoms with E-state index in [2.05, 4.69) is 43.4 Å². The molecule has 2 bridgehead atoms. The van der Waals surface area contributed by atoms with Gasteiger partial charge in [0.2, 0.25) is 0 Å². The van der Waals surface area contributed by atoms with Gasteiger partial charge in [0.1, 0.15) is 5.75 Å². The predicted octanol–water partition coefficient (Wildman–Crippen LogP) is 4.58. The van der Waals surface area contributed by atoms with Crippen LogP contribution in [0.3, 0.4) is 0 Å². The summed E-state index contributed by atoms with van der Waals surface area (Å²) in [6.07, 6.45) is 0.800. The molecule has 0 saturated carbocycles. The first kappa shape index (κ1) is 14.8. The summed E-state index contributed by atoms with van der Waals surface area (Å²) in [5.41, 5.74) is 2.75. The molecule has 118 valence electrons. The number of hydrogen-bond acceptors (Lipinski definition) is 2. The molecular weight excluding hydrogens is 328 g/mol. The molecule has 0 amide bonds. The lowest BCUT2D eigenvalue weighted by Crippen LogP contribution is -2.65. The number of benzene rings is 2. The average Bonchev–Trinajstić information content (AvgIpc) is 2.50. The molecule has 2 unspecified atom stereocenters. The van der Waals surface area contributed by atoms with Crippen molar-refractivity contribution in [2.24, 2.45) is 0 Å². The Balaban J connectivity index is 1.82. The van der Waals surface area contributed by atoms with Crippen LogP contribution >= 0.6 is 23.8 Å². The summed E-state index contributed by atoms with van der Waals surface area (Å²) in [4.78, 5) is 2.05. The maximum Gasteiger partial charge on any atom is 0.188 e. The molecule has 2 heterocycles. The van der Waals surface area contributed by atoms with E-state index in [9.17, 15) is 0 Å². The average molecular weight is 345 g/mol. The highest BCUT2D eigenvalue weighted by molar-refractivity contribution is 7.80. The molecule has 2 aliphatic rings. The fourth-order valence-electron chi connectivity index (χ4n) is 3.44. The molecule has 1 saturated heterocycles.